The number of hydrogen-bond donors (Lipinski definition) is 1. The van der Waals surface area contributed by atoms with E-state index < -0.39 is 0 Å². The topological polar surface area (TPSA) is 45.5 Å². The van der Waals surface area contributed by atoms with Gasteiger partial charge in [-0.15, -0.1) is 0 Å². The molecule has 3 rings (SSSR count). The summed E-state index contributed by atoms with van der Waals surface area (Å²) in [7, 11) is 0. The van der Waals surface area contributed by atoms with Crippen LogP contribution in [-0.2, 0) is 4.79 Å². The Morgan fingerprint density at radius 1 is 1.18 bits per heavy atom. The van der Waals surface area contributed by atoms with E-state index in [-0.39, 0.29) is 11.4 Å². The number of nitrogens with one attached hydrogen (secondary N) is 1. The molecule has 0 bridgehead atoms. The second-order valence-corrected chi connectivity index (χ2v) is 8.60. The molecule has 0 aliphatic carbocycles. The summed E-state index contributed by atoms with van der Waals surface area (Å²) in [5.74, 6) is 0.0937. The van der Waals surface area contributed by atoms with Gasteiger partial charge in [-0.1, -0.05) is 45.1 Å². The minimum Gasteiger partial charge on any atom is -0.462 e. The van der Waals surface area contributed by atoms with Gasteiger partial charge in [0.1, 0.15) is 0 Å². The van der Waals surface area contributed by atoms with Crippen molar-refractivity contribution in [3.63, 3.8) is 0 Å². The number of nitrogens with zero attached hydrogens (tertiary/aromatic N) is 1. The molecule has 4 heteroatoms. The molecule has 0 spiro atoms. The van der Waals surface area contributed by atoms with Gasteiger partial charge in [0, 0.05) is 24.4 Å². The second-order valence-electron chi connectivity index (χ2n) is 8.60. The molecule has 4 nitrogen and oxygen atoms in total. The van der Waals surface area contributed by atoms with Gasteiger partial charge in [0.2, 0.25) is 5.91 Å². The van der Waals surface area contributed by atoms with Crippen LogP contribution in [0.1, 0.15) is 78.7 Å². The summed E-state index contributed by atoms with van der Waals surface area (Å²) in [6, 6.07) is 4.08. The molecule has 1 amide bonds. The van der Waals surface area contributed by atoms with Gasteiger partial charge >= 0.3 is 0 Å². The van der Waals surface area contributed by atoms with Crippen molar-refractivity contribution in [2.75, 3.05) is 16.8 Å². The average Bonchev–Trinajstić information content (AvgIpc) is 3.08. The largest absolute Gasteiger partial charge is 0.462 e. The molecule has 2 aromatic rings. The summed E-state index contributed by atoms with van der Waals surface area (Å²) in [5.41, 5.74) is 4.96. The zero-order valence-electron chi connectivity index (χ0n) is 18.0. The van der Waals surface area contributed by atoms with E-state index in [1.165, 1.54) is 37.7 Å². The second kappa shape index (κ2) is 8.42. The Labute approximate surface area is 169 Å². The number of carbonyl (C=O) groups excluding carboxylic acids is 1. The summed E-state index contributed by atoms with van der Waals surface area (Å²) in [5, 5.41) is 4.64. The molecule has 28 heavy (non-hydrogen) atoms. The van der Waals surface area contributed by atoms with Crippen LogP contribution in [0, 0.1) is 0 Å². The van der Waals surface area contributed by atoms with Gasteiger partial charge in [-0.25, -0.2) is 0 Å². The van der Waals surface area contributed by atoms with Gasteiger partial charge in [-0.2, -0.15) is 0 Å². The lowest BCUT2D eigenvalue weighted by Gasteiger charge is -2.34. The molecule has 1 N–H and O–H groups in total. The highest BCUT2D eigenvalue weighted by atomic mass is 16.3. The molecule has 0 fully saturated rings. The molecule has 1 aromatic heterocycles. The minimum atomic E-state index is -0.157. The predicted octanol–water partition coefficient (Wildman–Crippen LogP) is 6.75. The maximum Gasteiger partial charge on any atom is 0.223 e. The molecule has 0 radical (unpaired) electrons. The molecule has 152 valence electrons. The number of carbonyl (C=O) groups is 1. The van der Waals surface area contributed by atoms with Gasteiger partial charge in [0.05, 0.1) is 23.2 Å². The lowest BCUT2D eigenvalue weighted by Crippen LogP contribution is -2.34. The van der Waals surface area contributed by atoms with E-state index in [2.05, 4.69) is 45.2 Å². The Morgan fingerprint density at radius 3 is 2.61 bits per heavy atom. The quantitative estimate of drug-likeness (QED) is 0.513. The normalized spacial score (nSPS) is 15.1. The summed E-state index contributed by atoms with van der Waals surface area (Å²) < 4.78 is 5.80. The van der Waals surface area contributed by atoms with E-state index >= 15 is 0 Å². The van der Waals surface area contributed by atoms with Gasteiger partial charge < -0.3 is 14.6 Å². The Hall–Kier alpha value is -2.23. The zero-order valence-corrected chi connectivity index (χ0v) is 18.0. The first-order valence-electron chi connectivity index (χ1n) is 10.6. The van der Waals surface area contributed by atoms with Crippen LogP contribution >= 0.6 is 0 Å². The van der Waals surface area contributed by atoms with E-state index in [9.17, 15) is 4.79 Å². The van der Waals surface area contributed by atoms with Gasteiger partial charge in [-0.05, 0) is 44.9 Å². The third-order valence-corrected chi connectivity index (χ3v) is 5.55. The van der Waals surface area contributed by atoms with Crippen LogP contribution in [0.2, 0.25) is 0 Å². The fourth-order valence-corrected chi connectivity index (χ4v) is 4.30. The number of allylic oxidation sites excluding steroid dienone is 1. The fraction of sp³-hybridized carbons (Fsp3) is 0.542. The highest BCUT2D eigenvalue weighted by Crippen LogP contribution is 2.45. The summed E-state index contributed by atoms with van der Waals surface area (Å²) in [6.07, 6.45) is 11.2. The molecule has 1 aliphatic heterocycles. The maximum absolute atomic E-state index is 12.6. The van der Waals surface area contributed by atoms with Crippen molar-refractivity contribution in [1.82, 2.24) is 0 Å². The van der Waals surface area contributed by atoms with Crippen molar-refractivity contribution in [3.8, 4) is 0 Å². The van der Waals surface area contributed by atoms with Crippen LogP contribution in [0.15, 0.2) is 28.9 Å². The summed E-state index contributed by atoms with van der Waals surface area (Å²) in [4.78, 5) is 14.5. The monoisotopic (exact) mass is 382 g/mol. The van der Waals surface area contributed by atoms with Crippen LogP contribution in [-0.4, -0.2) is 18.0 Å². The summed E-state index contributed by atoms with van der Waals surface area (Å²) in [6.45, 7) is 11.1. The van der Waals surface area contributed by atoms with E-state index in [1.54, 1.807) is 13.2 Å². The van der Waals surface area contributed by atoms with Crippen molar-refractivity contribution in [2.45, 2.75) is 78.7 Å². The Kier molecular flexibility index (Phi) is 6.17. The van der Waals surface area contributed by atoms with E-state index in [4.69, 9.17) is 4.42 Å². The molecule has 2 heterocycles. The van der Waals surface area contributed by atoms with Crippen molar-refractivity contribution < 1.29 is 9.21 Å². The first-order chi connectivity index (χ1) is 13.3. The van der Waals surface area contributed by atoms with Crippen molar-refractivity contribution in [3.05, 3.63) is 30.0 Å². The maximum atomic E-state index is 12.6. The Balaban J connectivity index is 1.94. The molecular weight excluding hydrogens is 348 g/mol. The number of fused-ring (bicyclic) bond motifs is 3. The fourth-order valence-electron chi connectivity index (χ4n) is 4.30. The third kappa shape index (κ3) is 4.26. The third-order valence-electron chi connectivity index (χ3n) is 5.55. The SMILES string of the molecule is CCCCCCCCN(C(C)=O)c1cc2ccoc2c2c1C(C)=CC(C)(C)N2. The number of furan rings is 1. The van der Waals surface area contributed by atoms with Crippen molar-refractivity contribution in [1.29, 1.82) is 0 Å². The van der Waals surface area contributed by atoms with Gasteiger partial charge in [-0.3, -0.25) is 4.79 Å². The predicted molar refractivity (Wildman–Crippen MR) is 119 cm³/mol. The molecule has 1 aromatic carbocycles. The van der Waals surface area contributed by atoms with Gasteiger partial charge in [0.25, 0.3) is 0 Å². The number of rotatable bonds is 8. The number of hydrogen-bond acceptors (Lipinski definition) is 3. The number of anilines is 2. The summed E-state index contributed by atoms with van der Waals surface area (Å²) >= 11 is 0. The van der Waals surface area contributed by atoms with Crippen LogP contribution in [0.4, 0.5) is 11.4 Å². The number of unbranched alkanes of at least 4 members (excludes halogenated alkanes) is 5. The lowest BCUT2D eigenvalue weighted by molar-refractivity contribution is -0.116. The molecule has 1 aliphatic rings. The molecule has 0 unspecified atom stereocenters. The molecule has 0 saturated carbocycles. The Morgan fingerprint density at radius 2 is 1.89 bits per heavy atom. The highest BCUT2D eigenvalue weighted by Gasteiger charge is 2.30. The molecular formula is C24H34N2O2. The number of amides is 1. The van der Waals surface area contributed by atoms with Crippen LogP contribution in [0.3, 0.4) is 0 Å². The van der Waals surface area contributed by atoms with Gasteiger partial charge in [0.15, 0.2) is 5.58 Å². The van der Waals surface area contributed by atoms with Crippen molar-refractivity contribution >= 4 is 33.8 Å². The van der Waals surface area contributed by atoms with E-state index in [1.807, 2.05) is 11.0 Å². The van der Waals surface area contributed by atoms with Crippen LogP contribution in [0.5, 0.6) is 0 Å². The first-order valence-corrected chi connectivity index (χ1v) is 10.6. The molecule has 0 saturated heterocycles. The minimum absolute atomic E-state index is 0.0937. The lowest BCUT2D eigenvalue weighted by atomic mass is 9.89. The molecule has 0 atom stereocenters. The average molecular weight is 383 g/mol. The van der Waals surface area contributed by atoms with Crippen LogP contribution < -0.4 is 10.2 Å². The smallest absolute Gasteiger partial charge is 0.223 e. The standard InChI is InChI=1S/C24H34N2O2/c1-6-7-8-9-10-11-13-26(18(3)27)20-15-19-12-14-28-23(19)22-21(20)17(2)16-24(4,5)25-22/h12,14-16,25H,6-11,13H2,1-5H3. The first kappa shape index (κ1) is 20.5. The van der Waals surface area contributed by atoms with E-state index in [0.717, 1.165) is 40.9 Å². The Bertz CT molecular complexity index is 876. The van der Waals surface area contributed by atoms with Crippen LogP contribution in [0.25, 0.3) is 16.5 Å². The number of benzene rings is 1. The highest BCUT2D eigenvalue weighted by molar-refractivity contribution is 6.07. The zero-order chi connectivity index (χ0) is 20.3. The van der Waals surface area contributed by atoms with Crippen molar-refractivity contribution in [2.24, 2.45) is 0 Å². The van der Waals surface area contributed by atoms with E-state index in [0.29, 0.717) is 0 Å².